The number of carbonyl (C=O) groups excluding carboxylic acids is 4. The molecule has 0 aliphatic heterocycles. The number of rotatable bonds is 71. The summed E-state index contributed by atoms with van der Waals surface area (Å²) >= 11 is 0. The van der Waals surface area contributed by atoms with Crippen molar-refractivity contribution in [3.05, 3.63) is 0 Å². The fourth-order valence-corrected chi connectivity index (χ4v) is 12.6. The zero-order valence-electron chi connectivity index (χ0n) is 60.0. The molecule has 0 bridgehead atoms. The number of hydrogen-bond donors (Lipinski definition) is 3. The first-order valence-corrected chi connectivity index (χ1v) is 40.9. The average molecular weight is 1350 g/mol. The Morgan fingerprint density at radius 3 is 0.826 bits per heavy atom. The molecule has 0 saturated carbocycles. The fraction of sp³-hybridized carbons (Fsp3) is 0.945. The molecule has 0 fully saturated rings. The van der Waals surface area contributed by atoms with Gasteiger partial charge in [-0.1, -0.05) is 318 Å². The van der Waals surface area contributed by atoms with Crippen LogP contribution in [0.3, 0.4) is 0 Å². The highest BCUT2D eigenvalue weighted by molar-refractivity contribution is 7.47. The van der Waals surface area contributed by atoms with Gasteiger partial charge >= 0.3 is 39.5 Å². The van der Waals surface area contributed by atoms with E-state index in [1.54, 1.807) is 0 Å². The number of aliphatic hydroxyl groups is 1. The summed E-state index contributed by atoms with van der Waals surface area (Å²) in [6.07, 6.45) is 48.9. The molecule has 0 amide bonds. The highest BCUT2D eigenvalue weighted by Gasteiger charge is 2.30. The van der Waals surface area contributed by atoms with Crippen molar-refractivity contribution in [2.24, 2.45) is 17.8 Å². The second-order valence-corrected chi connectivity index (χ2v) is 30.4. The van der Waals surface area contributed by atoms with Gasteiger partial charge in [-0.05, 0) is 43.4 Å². The van der Waals surface area contributed by atoms with E-state index in [-0.39, 0.29) is 25.7 Å². The maximum atomic E-state index is 13.1. The van der Waals surface area contributed by atoms with Crippen molar-refractivity contribution in [1.29, 1.82) is 0 Å². The summed E-state index contributed by atoms with van der Waals surface area (Å²) in [5.74, 6) is 0.0576. The molecular formula is C73H142O17P2. The highest BCUT2D eigenvalue weighted by atomic mass is 31.2. The predicted octanol–water partition coefficient (Wildman–Crippen LogP) is 21.0. The van der Waals surface area contributed by atoms with E-state index in [0.29, 0.717) is 37.5 Å². The lowest BCUT2D eigenvalue weighted by molar-refractivity contribution is -0.161. The van der Waals surface area contributed by atoms with Gasteiger partial charge in [-0.15, -0.1) is 0 Å². The molecule has 546 valence electrons. The van der Waals surface area contributed by atoms with Crippen LogP contribution in [0.2, 0.25) is 0 Å². The Morgan fingerprint density at radius 1 is 0.315 bits per heavy atom. The van der Waals surface area contributed by atoms with Crippen LogP contribution in [0.4, 0.5) is 0 Å². The van der Waals surface area contributed by atoms with Gasteiger partial charge in [0.25, 0.3) is 0 Å². The van der Waals surface area contributed by atoms with Crippen LogP contribution in [0.1, 0.15) is 370 Å². The van der Waals surface area contributed by atoms with Crippen LogP contribution in [0.5, 0.6) is 0 Å². The van der Waals surface area contributed by atoms with Gasteiger partial charge in [0.1, 0.15) is 19.3 Å². The Kier molecular flexibility index (Phi) is 62.4. The van der Waals surface area contributed by atoms with Crippen molar-refractivity contribution in [1.82, 2.24) is 0 Å². The van der Waals surface area contributed by atoms with E-state index in [1.807, 2.05) is 0 Å². The summed E-state index contributed by atoms with van der Waals surface area (Å²) in [7, 11) is -9.90. The smallest absolute Gasteiger partial charge is 0.462 e. The summed E-state index contributed by atoms with van der Waals surface area (Å²) < 4.78 is 68.3. The van der Waals surface area contributed by atoms with Crippen LogP contribution in [0, 0.1) is 17.8 Å². The molecule has 0 aromatic carbocycles. The topological polar surface area (TPSA) is 237 Å². The Hall–Kier alpha value is -1.94. The second-order valence-electron chi connectivity index (χ2n) is 27.5. The minimum Gasteiger partial charge on any atom is -0.462 e. The van der Waals surface area contributed by atoms with E-state index in [4.69, 9.17) is 37.0 Å². The van der Waals surface area contributed by atoms with Gasteiger partial charge in [0.05, 0.1) is 26.4 Å². The van der Waals surface area contributed by atoms with E-state index in [2.05, 4.69) is 48.5 Å². The first-order chi connectivity index (χ1) is 44.3. The van der Waals surface area contributed by atoms with Gasteiger partial charge in [0.2, 0.25) is 0 Å². The van der Waals surface area contributed by atoms with E-state index < -0.39 is 97.5 Å². The third-order valence-electron chi connectivity index (χ3n) is 17.2. The third-order valence-corrected chi connectivity index (χ3v) is 19.1. The standard InChI is InChI=1S/C73H142O17P2/c1-8-10-11-12-13-14-15-16-17-18-19-20-21-22-23-28-33-42-49-56-72(77)89-68(60-83-70(75)54-47-40-32-27-25-24-26-31-39-46-53-66(7)9-2)62-87-91(79,80)85-58-67(74)59-86-92(81,82)88-63-69(61-84-71(76)55-48-41-36-35-38-45-52-65(5)6)90-73(78)57-50-43-34-29-30-37-44-51-64(3)4/h64-69,74H,8-63H2,1-7H3,(H,79,80)(H,81,82)/t66?,67-,68-,69-/m1/s1. The van der Waals surface area contributed by atoms with Crippen LogP contribution in [-0.2, 0) is 65.4 Å². The minimum absolute atomic E-state index is 0.102. The van der Waals surface area contributed by atoms with Crippen molar-refractivity contribution in [3.63, 3.8) is 0 Å². The normalized spacial score (nSPS) is 14.4. The number of ether oxygens (including phenoxy) is 4. The molecule has 0 saturated heterocycles. The van der Waals surface area contributed by atoms with Gasteiger partial charge in [-0.2, -0.15) is 0 Å². The fourth-order valence-electron chi connectivity index (χ4n) is 11.0. The number of unbranched alkanes of at least 4 members (excludes halogenated alkanes) is 38. The Bertz CT molecular complexity index is 1800. The quantitative estimate of drug-likeness (QED) is 0.0222. The molecule has 0 aliphatic rings. The number of phosphoric ester groups is 2. The van der Waals surface area contributed by atoms with Crippen molar-refractivity contribution in [2.75, 3.05) is 39.6 Å². The summed E-state index contributed by atoms with van der Waals surface area (Å²) in [4.78, 5) is 72.6. The molecule has 92 heavy (non-hydrogen) atoms. The van der Waals surface area contributed by atoms with Crippen LogP contribution >= 0.6 is 15.6 Å². The molecule has 17 nitrogen and oxygen atoms in total. The summed E-state index contributed by atoms with van der Waals surface area (Å²) in [6, 6.07) is 0. The lowest BCUT2D eigenvalue weighted by Crippen LogP contribution is -2.30. The Morgan fingerprint density at radius 2 is 0.554 bits per heavy atom. The lowest BCUT2D eigenvalue weighted by Gasteiger charge is -2.21. The molecule has 0 aromatic heterocycles. The molecule has 0 aliphatic carbocycles. The molecule has 19 heteroatoms. The molecule has 3 N–H and O–H groups in total. The zero-order chi connectivity index (χ0) is 68.0. The van der Waals surface area contributed by atoms with Gasteiger partial charge in [-0.3, -0.25) is 37.3 Å². The zero-order valence-corrected chi connectivity index (χ0v) is 61.8. The monoisotopic (exact) mass is 1350 g/mol. The molecule has 0 spiro atoms. The number of phosphoric acid groups is 2. The van der Waals surface area contributed by atoms with Crippen LogP contribution in [-0.4, -0.2) is 96.7 Å². The highest BCUT2D eigenvalue weighted by Crippen LogP contribution is 2.45. The molecule has 6 atom stereocenters. The van der Waals surface area contributed by atoms with E-state index in [1.165, 1.54) is 173 Å². The number of aliphatic hydroxyl groups excluding tert-OH is 1. The van der Waals surface area contributed by atoms with E-state index in [0.717, 1.165) is 102 Å². The van der Waals surface area contributed by atoms with Gasteiger partial charge in [-0.25, -0.2) is 9.13 Å². The second kappa shape index (κ2) is 63.8. The summed E-state index contributed by atoms with van der Waals surface area (Å²) in [5.41, 5.74) is 0. The SMILES string of the molecule is CCCCCCCCCCCCCCCCCCCCCC(=O)O[C@H](COC(=O)CCCCCCCCCCCCC(C)CC)COP(=O)(O)OC[C@@H](O)COP(=O)(O)OC[C@@H](COC(=O)CCCCCCCCC(C)C)OC(=O)CCCCCCCCCC(C)C. The molecule has 0 heterocycles. The summed E-state index contributed by atoms with van der Waals surface area (Å²) in [5, 5.41) is 10.6. The van der Waals surface area contributed by atoms with Crippen molar-refractivity contribution in [2.45, 2.75) is 388 Å². The third kappa shape index (κ3) is 65.4. The molecule has 0 radical (unpaired) electrons. The lowest BCUT2D eigenvalue weighted by atomic mass is 9.99. The maximum absolute atomic E-state index is 13.1. The van der Waals surface area contributed by atoms with Crippen LogP contribution < -0.4 is 0 Å². The first-order valence-electron chi connectivity index (χ1n) is 37.9. The summed E-state index contributed by atoms with van der Waals surface area (Å²) in [6.45, 7) is 11.8. The Labute approximate surface area is 562 Å². The number of hydrogen-bond acceptors (Lipinski definition) is 15. The van der Waals surface area contributed by atoms with Crippen molar-refractivity contribution >= 4 is 39.5 Å². The molecular weight excluding hydrogens is 1210 g/mol. The number of esters is 4. The maximum Gasteiger partial charge on any atom is 0.472 e. The van der Waals surface area contributed by atoms with Crippen LogP contribution in [0.15, 0.2) is 0 Å². The average Bonchev–Trinajstić information content (AvgIpc) is 2.93. The number of carbonyl (C=O) groups is 4. The van der Waals surface area contributed by atoms with Crippen molar-refractivity contribution in [3.8, 4) is 0 Å². The van der Waals surface area contributed by atoms with Crippen molar-refractivity contribution < 1.29 is 80.2 Å². The molecule has 3 unspecified atom stereocenters. The Balaban J connectivity index is 5.21. The van der Waals surface area contributed by atoms with Gasteiger partial charge < -0.3 is 33.8 Å². The van der Waals surface area contributed by atoms with Gasteiger partial charge in [0, 0.05) is 25.7 Å². The molecule has 0 rings (SSSR count). The largest absolute Gasteiger partial charge is 0.472 e. The minimum atomic E-state index is -4.96. The predicted molar refractivity (Wildman–Crippen MR) is 372 cm³/mol. The van der Waals surface area contributed by atoms with Crippen LogP contribution in [0.25, 0.3) is 0 Å². The van der Waals surface area contributed by atoms with E-state index in [9.17, 15) is 43.2 Å². The first kappa shape index (κ1) is 90.1. The van der Waals surface area contributed by atoms with E-state index >= 15 is 0 Å². The molecule has 0 aromatic rings. The van der Waals surface area contributed by atoms with Gasteiger partial charge in [0.15, 0.2) is 12.2 Å².